The molecule has 1 atom stereocenters. The summed E-state index contributed by atoms with van der Waals surface area (Å²) in [6.07, 6.45) is 2.44. The van der Waals surface area contributed by atoms with E-state index in [1.807, 2.05) is 0 Å². The maximum Gasteiger partial charge on any atom is 0.348 e. The number of aromatic nitrogens is 4. The van der Waals surface area contributed by atoms with Gasteiger partial charge in [0.15, 0.2) is 5.65 Å². The van der Waals surface area contributed by atoms with Gasteiger partial charge < -0.3 is 10.0 Å². The number of nitrogens with zero attached hydrogens (tertiary/aromatic N) is 4. The molecule has 1 aliphatic heterocycles. The molecule has 0 amide bonds. The number of fused-ring (bicyclic) bond motifs is 1. The van der Waals surface area contributed by atoms with Gasteiger partial charge in [-0.05, 0) is 6.42 Å². The number of H-pyrrole nitrogens is 1. The average Bonchev–Trinajstić information content (AvgIpc) is 2.96. The smallest absolute Gasteiger partial charge is 0.348 e. The summed E-state index contributed by atoms with van der Waals surface area (Å²) in [5.74, 6) is 1.11. The number of aliphatic hydroxyl groups excluding tert-OH is 1. The number of anilines is 1. The van der Waals surface area contributed by atoms with E-state index in [4.69, 9.17) is 5.11 Å². The zero-order valence-corrected chi connectivity index (χ0v) is 9.20. The first-order chi connectivity index (χ1) is 8.28. The Morgan fingerprint density at radius 3 is 3.24 bits per heavy atom. The van der Waals surface area contributed by atoms with Crippen LogP contribution < -0.4 is 10.6 Å². The van der Waals surface area contributed by atoms with Gasteiger partial charge in [0.2, 0.25) is 0 Å². The molecule has 90 valence electrons. The molecule has 2 N–H and O–H groups in total. The molecular weight excluding hydrogens is 222 g/mol. The molecule has 0 aliphatic carbocycles. The summed E-state index contributed by atoms with van der Waals surface area (Å²) in [7, 11) is 0. The average molecular weight is 235 g/mol. The van der Waals surface area contributed by atoms with Crippen molar-refractivity contribution >= 4 is 11.5 Å². The summed E-state index contributed by atoms with van der Waals surface area (Å²) in [4.78, 5) is 17.6. The predicted octanol–water partition coefficient (Wildman–Crippen LogP) is -0.764. The predicted molar refractivity (Wildman–Crippen MR) is 61.0 cm³/mol. The van der Waals surface area contributed by atoms with Crippen LogP contribution in [0.3, 0.4) is 0 Å². The number of aliphatic hydroxyl groups is 1. The fourth-order valence-electron chi connectivity index (χ4n) is 2.16. The van der Waals surface area contributed by atoms with Gasteiger partial charge in [0, 0.05) is 31.7 Å². The minimum Gasteiger partial charge on any atom is -0.396 e. The Balaban J connectivity index is 1.93. The standard InChI is InChI=1S/C10H13N5O2/c16-5-7-1-2-14(4-7)8-3-9-12-13-10(17)15(9)6-11-8/h3,6-7,16H,1-2,4-5H2,(H,13,17). The second kappa shape index (κ2) is 3.85. The third kappa shape index (κ3) is 1.68. The van der Waals surface area contributed by atoms with Gasteiger partial charge >= 0.3 is 5.69 Å². The van der Waals surface area contributed by atoms with Gasteiger partial charge in [-0.2, -0.15) is 5.10 Å². The largest absolute Gasteiger partial charge is 0.396 e. The van der Waals surface area contributed by atoms with Crippen LogP contribution in [0.2, 0.25) is 0 Å². The molecule has 7 heteroatoms. The highest BCUT2D eigenvalue weighted by Gasteiger charge is 2.23. The number of hydrogen-bond acceptors (Lipinski definition) is 5. The number of aromatic amines is 1. The fourth-order valence-corrected chi connectivity index (χ4v) is 2.16. The summed E-state index contributed by atoms with van der Waals surface area (Å²) in [6, 6.07) is 1.78. The summed E-state index contributed by atoms with van der Waals surface area (Å²) < 4.78 is 1.36. The van der Waals surface area contributed by atoms with E-state index in [1.165, 1.54) is 10.7 Å². The second-order valence-corrected chi connectivity index (χ2v) is 4.29. The molecule has 0 radical (unpaired) electrons. The van der Waals surface area contributed by atoms with Crippen molar-refractivity contribution in [2.75, 3.05) is 24.6 Å². The molecule has 1 fully saturated rings. The summed E-state index contributed by atoms with van der Waals surface area (Å²) in [5, 5.41) is 15.4. The van der Waals surface area contributed by atoms with Gasteiger partial charge in [0.05, 0.1) is 0 Å². The number of rotatable bonds is 2. The Labute approximate surface area is 96.7 Å². The highest BCUT2D eigenvalue weighted by Crippen LogP contribution is 2.21. The monoisotopic (exact) mass is 235 g/mol. The van der Waals surface area contributed by atoms with Crippen molar-refractivity contribution in [1.29, 1.82) is 0 Å². The molecule has 0 aromatic carbocycles. The quantitative estimate of drug-likeness (QED) is 0.714. The van der Waals surface area contributed by atoms with E-state index in [9.17, 15) is 4.79 Å². The Kier molecular flexibility index (Phi) is 2.32. The van der Waals surface area contributed by atoms with Gasteiger partial charge in [-0.1, -0.05) is 0 Å². The molecule has 17 heavy (non-hydrogen) atoms. The van der Waals surface area contributed by atoms with Crippen LogP contribution in [0.25, 0.3) is 5.65 Å². The van der Waals surface area contributed by atoms with Gasteiger partial charge in [-0.15, -0.1) is 0 Å². The van der Waals surface area contributed by atoms with Crippen molar-refractivity contribution in [1.82, 2.24) is 19.6 Å². The molecule has 2 aromatic heterocycles. The van der Waals surface area contributed by atoms with Crippen LogP contribution >= 0.6 is 0 Å². The lowest BCUT2D eigenvalue weighted by Gasteiger charge is -2.16. The van der Waals surface area contributed by atoms with Crippen molar-refractivity contribution in [2.24, 2.45) is 5.92 Å². The van der Waals surface area contributed by atoms with Crippen molar-refractivity contribution in [3.63, 3.8) is 0 Å². The lowest BCUT2D eigenvalue weighted by Crippen LogP contribution is -2.22. The first kappa shape index (κ1) is 10.3. The van der Waals surface area contributed by atoms with Crippen molar-refractivity contribution in [3.05, 3.63) is 22.9 Å². The number of nitrogens with one attached hydrogen (secondary N) is 1. The third-order valence-electron chi connectivity index (χ3n) is 3.16. The van der Waals surface area contributed by atoms with E-state index >= 15 is 0 Å². The summed E-state index contributed by atoms with van der Waals surface area (Å²) >= 11 is 0. The van der Waals surface area contributed by atoms with Crippen LogP contribution in [-0.2, 0) is 0 Å². The van der Waals surface area contributed by atoms with E-state index in [0.717, 1.165) is 25.3 Å². The van der Waals surface area contributed by atoms with Gasteiger partial charge in [0.1, 0.15) is 12.1 Å². The van der Waals surface area contributed by atoms with Crippen LogP contribution in [0, 0.1) is 5.92 Å². The molecule has 7 nitrogen and oxygen atoms in total. The Morgan fingerprint density at radius 2 is 2.47 bits per heavy atom. The Bertz CT molecular complexity index is 590. The molecule has 1 aliphatic rings. The molecule has 0 spiro atoms. The third-order valence-corrected chi connectivity index (χ3v) is 3.16. The molecule has 3 heterocycles. The van der Waals surface area contributed by atoms with E-state index in [-0.39, 0.29) is 12.3 Å². The molecule has 3 rings (SSSR count). The molecular formula is C10H13N5O2. The lowest BCUT2D eigenvalue weighted by atomic mass is 10.1. The maximum absolute atomic E-state index is 11.3. The highest BCUT2D eigenvalue weighted by molar-refractivity contribution is 5.50. The minimum atomic E-state index is -0.284. The Hall–Kier alpha value is -1.89. The molecule has 0 bridgehead atoms. The van der Waals surface area contributed by atoms with E-state index in [2.05, 4.69) is 20.1 Å². The van der Waals surface area contributed by atoms with Crippen LogP contribution in [0.1, 0.15) is 6.42 Å². The highest BCUT2D eigenvalue weighted by atomic mass is 16.3. The molecule has 1 saturated heterocycles. The zero-order valence-electron chi connectivity index (χ0n) is 9.20. The topological polar surface area (TPSA) is 86.5 Å². The van der Waals surface area contributed by atoms with E-state index in [1.54, 1.807) is 6.07 Å². The fraction of sp³-hybridized carbons (Fsp3) is 0.500. The first-order valence-corrected chi connectivity index (χ1v) is 5.56. The SMILES string of the molecule is O=c1[nH]nc2cc(N3CCC(CO)C3)ncn12. The van der Waals surface area contributed by atoms with Crippen LogP contribution in [0.4, 0.5) is 5.82 Å². The molecule has 1 unspecified atom stereocenters. The van der Waals surface area contributed by atoms with Crippen LogP contribution in [-0.4, -0.2) is 44.4 Å². The first-order valence-electron chi connectivity index (χ1n) is 5.56. The van der Waals surface area contributed by atoms with Crippen molar-refractivity contribution in [3.8, 4) is 0 Å². The zero-order chi connectivity index (χ0) is 11.8. The summed E-state index contributed by atoms with van der Waals surface area (Å²) in [5.41, 5.74) is 0.279. The van der Waals surface area contributed by atoms with Crippen LogP contribution in [0.5, 0.6) is 0 Å². The molecule has 0 saturated carbocycles. The minimum absolute atomic E-state index is 0.209. The van der Waals surface area contributed by atoms with Crippen LogP contribution in [0.15, 0.2) is 17.2 Å². The van der Waals surface area contributed by atoms with E-state index < -0.39 is 0 Å². The van der Waals surface area contributed by atoms with Gasteiger partial charge in [-0.3, -0.25) is 0 Å². The molecule has 2 aromatic rings. The summed E-state index contributed by atoms with van der Waals surface area (Å²) in [6.45, 7) is 1.89. The van der Waals surface area contributed by atoms with Crippen molar-refractivity contribution in [2.45, 2.75) is 6.42 Å². The maximum atomic E-state index is 11.3. The van der Waals surface area contributed by atoms with Gasteiger partial charge in [0.25, 0.3) is 0 Å². The second-order valence-electron chi connectivity index (χ2n) is 4.29. The lowest BCUT2D eigenvalue weighted by molar-refractivity contribution is 0.238. The number of hydrogen-bond donors (Lipinski definition) is 2. The Morgan fingerprint density at radius 1 is 1.59 bits per heavy atom. The normalized spacial score (nSPS) is 20.3. The van der Waals surface area contributed by atoms with Gasteiger partial charge in [-0.25, -0.2) is 19.3 Å². The van der Waals surface area contributed by atoms with Crippen molar-refractivity contribution < 1.29 is 5.11 Å². The van der Waals surface area contributed by atoms with E-state index in [0.29, 0.717) is 11.6 Å².